The number of rotatable bonds is 10. The number of nitrogens with one attached hydrogen (secondary N) is 1. The predicted molar refractivity (Wildman–Crippen MR) is 108 cm³/mol. The first-order valence-corrected chi connectivity index (χ1v) is 10.6. The van der Waals surface area contributed by atoms with Crippen LogP contribution >= 0.6 is 0 Å². The number of hydrogen-bond acceptors (Lipinski definition) is 4. The van der Waals surface area contributed by atoms with Crippen LogP contribution in [-0.4, -0.2) is 87.9 Å². The summed E-state index contributed by atoms with van der Waals surface area (Å²) < 4.78 is 10.7. The molecule has 2 rings (SSSR count). The fourth-order valence-corrected chi connectivity index (χ4v) is 3.70. The molecule has 2 aliphatic heterocycles. The van der Waals surface area contributed by atoms with E-state index in [-0.39, 0.29) is 0 Å². The van der Waals surface area contributed by atoms with Gasteiger partial charge in [-0.3, -0.25) is 9.79 Å². The van der Waals surface area contributed by atoms with E-state index in [1.165, 1.54) is 6.42 Å². The number of ether oxygens (including phenoxy) is 2. The topological polar surface area (TPSA) is 66.4 Å². The molecular weight excluding hydrogens is 344 g/mol. The van der Waals surface area contributed by atoms with Gasteiger partial charge in [0.05, 0.1) is 19.8 Å². The fourth-order valence-electron chi connectivity index (χ4n) is 3.70. The lowest BCUT2D eigenvalue weighted by molar-refractivity contribution is -0.130. The Morgan fingerprint density at radius 2 is 2.15 bits per heavy atom. The van der Waals surface area contributed by atoms with Crippen LogP contribution in [-0.2, 0) is 14.3 Å². The maximum absolute atomic E-state index is 12.1. The smallest absolute Gasteiger partial charge is 0.222 e. The number of methoxy groups -OCH3 is 1. The average molecular weight is 383 g/mol. The molecule has 27 heavy (non-hydrogen) atoms. The van der Waals surface area contributed by atoms with E-state index < -0.39 is 0 Å². The Hall–Kier alpha value is -1.34. The largest absolute Gasteiger partial charge is 0.382 e. The van der Waals surface area contributed by atoms with Crippen LogP contribution in [0.3, 0.4) is 0 Å². The van der Waals surface area contributed by atoms with Gasteiger partial charge in [-0.1, -0.05) is 6.42 Å². The first kappa shape index (κ1) is 22.0. The van der Waals surface area contributed by atoms with Gasteiger partial charge in [0.15, 0.2) is 5.96 Å². The SMILES string of the molecule is CCNC(=NCCCN1CCCCCC1=O)N1CCC(COCCOC)C1. The third kappa shape index (κ3) is 8.05. The molecule has 2 heterocycles. The standard InChI is InChI=1S/C20H38N4O3/c1-3-21-20(24-13-9-18(16-24)17-27-15-14-26-2)22-10-7-12-23-11-6-4-5-8-19(23)25/h18H,3-17H2,1-2H3,(H,21,22). The second-order valence-electron chi connectivity index (χ2n) is 7.45. The summed E-state index contributed by atoms with van der Waals surface area (Å²) in [5.41, 5.74) is 0. The van der Waals surface area contributed by atoms with E-state index in [1.807, 2.05) is 4.90 Å². The average Bonchev–Trinajstić information content (AvgIpc) is 3.04. The minimum atomic E-state index is 0.319. The van der Waals surface area contributed by atoms with Crippen LogP contribution in [0.25, 0.3) is 0 Å². The molecule has 0 aromatic rings. The summed E-state index contributed by atoms with van der Waals surface area (Å²) in [5, 5.41) is 3.41. The lowest BCUT2D eigenvalue weighted by Gasteiger charge is -2.22. The maximum atomic E-state index is 12.1. The second kappa shape index (κ2) is 12.9. The van der Waals surface area contributed by atoms with Crippen molar-refractivity contribution in [1.82, 2.24) is 15.1 Å². The zero-order valence-corrected chi connectivity index (χ0v) is 17.3. The molecule has 0 radical (unpaired) electrons. The van der Waals surface area contributed by atoms with Crippen LogP contribution in [0.5, 0.6) is 0 Å². The summed E-state index contributed by atoms with van der Waals surface area (Å²) in [6, 6.07) is 0. The van der Waals surface area contributed by atoms with Gasteiger partial charge in [-0.25, -0.2) is 0 Å². The molecule has 0 aromatic heterocycles. The Morgan fingerprint density at radius 1 is 1.26 bits per heavy atom. The highest BCUT2D eigenvalue weighted by atomic mass is 16.5. The highest BCUT2D eigenvalue weighted by Gasteiger charge is 2.25. The van der Waals surface area contributed by atoms with Crippen molar-refractivity contribution in [3.05, 3.63) is 0 Å². The third-order valence-corrected chi connectivity index (χ3v) is 5.22. The van der Waals surface area contributed by atoms with Crippen molar-refractivity contribution in [2.45, 2.75) is 45.4 Å². The third-order valence-electron chi connectivity index (χ3n) is 5.22. The normalized spacial score (nSPS) is 21.6. The van der Waals surface area contributed by atoms with Gasteiger partial charge < -0.3 is 24.6 Å². The molecule has 0 saturated carbocycles. The van der Waals surface area contributed by atoms with E-state index in [0.29, 0.717) is 31.5 Å². The highest BCUT2D eigenvalue weighted by Crippen LogP contribution is 2.17. The first-order chi connectivity index (χ1) is 13.2. The number of guanidine groups is 1. The Labute approximate surface area is 164 Å². The fraction of sp³-hybridized carbons (Fsp3) is 0.900. The summed E-state index contributed by atoms with van der Waals surface area (Å²) in [6.07, 6.45) is 6.14. The minimum Gasteiger partial charge on any atom is -0.382 e. The van der Waals surface area contributed by atoms with Gasteiger partial charge >= 0.3 is 0 Å². The molecule has 0 aliphatic carbocycles. The van der Waals surface area contributed by atoms with Crippen molar-refractivity contribution in [2.24, 2.45) is 10.9 Å². The van der Waals surface area contributed by atoms with E-state index in [1.54, 1.807) is 7.11 Å². The van der Waals surface area contributed by atoms with Crippen molar-refractivity contribution in [3.8, 4) is 0 Å². The Balaban J connectivity index is 1.72. The molecule has 1 unspecified atom stereocenters. The van der Waals surface area contributed by atoms with Gasteiger partial charge in [0.25, 0.3) is 0 Å². The lowest BCUT2D eigenvalue weighted by Crippen LogP contribution is -2.40. The summed E-state index contributed by atoms with van der Waals surface area (Å²) in [6.45, 7) is 9.60. The van der Waals surface area contributed by atoms with Gasteiger partial charge in [0, 0.05) is 58.7 Å². The van der Waals surface area contributed by atoms with Crippen LogP contribution in [0.2, 0.25) is 0 Å². The van der Waals surface area contributed by atoms with Gasteiger partial charge in [0.2, 0.25) is 5.91 Å². The van der Waals surface area contributed by atoms with Crippen LogP contribution in [0, 0.1) is 5.92 Å². The van der Waals surface area contributed by atoms with Gasteiger partial charge in [-0.05, 0) is 32.6 Å². The van der Waals surface area contributed by atoms with Gasteiger partial charge in [-0.15, -0.1) is 0 Å². The van der Waals surface area contributed by atoms with Crippen molar-refractivity contribution in [1.29, 1.82) is 0 Å². The molecule has 2 fully saturated rings. The predicted octanol–water partition coefficient (Wildman–Crippen LogP) is 1.73. The minimum absolute atomic E-state index is 0.319. The second-order valence-corrected chi connectivity index (χ2v) is 7.45. The molecule has 7 heteroatoms. The number of nitrogens with zero attached hydrogens (tertiary/aromatic N) is 3. The van der Waals surface area contributed by atoms with Gasteiger partial charge in [-0.2, -0.15) is 0 Å². The van der Waals surface area contributed by atoms with Gasteiger partial charge in [0.1, 0.15) is 0 Å². The summed E-state index contributed by atoms with van der Waals surface area (Å²) in [4.78, 5) is 21.2. The molecule has 2 aliphatic rings. The lowest BCUT2D eigenvalue weighted by atomic mass is 10.1. The molecule has 2 saturated heterocycles. The Bertz CT molecular complexity index is 459. The van der Waals surface area contributed by atoms with E-state index in [9.17, 15) is 4.79 Å². The molecule has 7 nitrogen and oxygen atoms in total. The summed E-state index contributed by atoms with van der Waals surface area (Å²) in [7, 11) is 1.70. The number of hydrogen-bond donors (Lipinski definition) is 1. The molecule has 0 spiro atoms. The van der Waals surface area contributed by atoms with Crippen LogP contribution in [0.15, 0.2) is 4.99 Å². The summed E-state index contributed by atoms with van der Waals surface area (Å²) in [5.74, 6) is 1.87. The number of aliphatic imine (C=N–C) groups is 1. The van der Waals surface area contributed by atoms with E-state index in [4.69, 9.17) is 14.5 Å². The first-order valence-electron chi connectivity index (χ1n) is 10.6. The molecule has 0 bridgehead atoms. The van der Waals surface area contributed by atoms with E-state index >= 15 is 0 Å². The molecule has 1 N–H and O–H groups in total. The number of carbonyl (C=O) groups excluding carboxylic acids is 1. The van der Waals surface area contributed by atoms with E-state index in [2.05, 4.69) is 17.1 Å². The molecule has 0 aromatic carbocycles. The highest BCUT2D eigenvalue weighted by molar-refractivity contribution is 5.80. The van der Waals surface area contributed by atoms with Crippen molar-refractivity contribution >= 4 is 11.9 Å². The van der Waals surface area contributed by atoms with E-state index in [0.717, 1.165) is 77.5 Å². The zero-order chi connectivity index (χ0) is 19.3. The number of carbonyl (C=O) groups is 1. The van der Waals surface area contributed by atoms with Crippen LogP contribution in [0.4, 0.5) is 0 Å². The van der Waals surface area contributed by atoms with Crippen molar-refractivity contribution in [2.75, 3.05) is 66.2 Å². The van der Waals surface area contributed by atoms with Crippen LogP contribution < -0.4 is 5.32 Å². The zero-order valence-electron chi connectivity index (χ0n) is 17.3. The maximum Gasteiger partial charge on any atom is 0.222 e. The van der Waals surface area contributed by atoms with Crippen LogP contribution in [0.1, 0.15) is 45.4 Å². The molecular formula is C20H38N4O3. The molecule has 1 atom stereocenters. The van der Waals surface area contributed by atoms with Crippen molar-refractivity contribution < 1.29 is 14.3 Å². The Morgan fingerprint density at radius 3 is 2.96 bits per heavy atom. The summed E-state index contributed by atoms with van der Waals surface area (Å²) >= 11 is 0. The molecule has 1 amide bonds. The quantitative estimate of drug-likeness (QED) is 0.354. The monoisotopic (exact) mass is 382 g/mol. The molecule has 156 valence electrons. The number of likely N-dealkylation sites (tertiary alicyclic amines) is 2. The Kier molecular flexibility index (Phi) is 10.5. The number of amides is 1. The van der Waals surface area contributed by atoms with Crippen molar-refractivity contribution in [3.63, 3.8) is 0 Å².